The lowest BCUT2D eigenvalue weighted by molar-refractivity contribution is -0.384. The van der Waals surface area contributed by atoms with Crippen molar-refractivity contribution in [2.24, 2.45) is 0 Å². The first kappa shape index (κ1) is 12.3. The number of non-ortho nitro benzene ring substituents is 1. The van der Waals surface area contributed by atoms with Crippen LogP contribution in [-0.4, -0.2) is 17.4 Å². The van der Waals surface area contributed by atoms with Gasteiger partial charge in [-0.1, -0.05) is 12.1 Å². The van der Waals surface area contributed by atoms with Gasteiger partial charge in [0.25, 0.3) is 5.69 Å². The van der Waals surface area contributed by atoms with Crippen molar-refractivity contribution < 1.29 is 14.1 Å². The fourth-order valence-electron chi connectivity index (χ4n) is 1.32. The third-order valence-electron chi connectivity index (χ3n) is 2.14. The lowest BCUT2D eigenvalue weighted by atomic mass is 10.1. The van der Waals surface area contributed by atoms with Gasteiger partial charge in [0.1, 0.15) is 5.78 Å². The lowest BCUT2D eigenvalue weighted by Gasteiger charge is -1.99. The Morgan fingerprint density at radius 2 is 1.94 bits per heavy atom. The first-order valence-corrected chi connectivity index (χ1v) is 4.94. The number of benzene rings is 1. The molecule has 0 heterocycles. The minimum Gasteiger partial charge on any atom is -0.299 e. The molecule has 1 rings (SSSR count). The molecule has 1 aromatic carbocycles. The number of hydrogen-bond acceptors (Lipinski definition) is 3. The molecule has 0 amide bonds. The van der Waals surface area contributed by atoms with Crippen molar-refractivity contribution >= 4 is 11.5 Å². The van der Waals surface area contributed by atoms with E-state index >= 15 is 0 Å². The van der Waals surface area contributed by atoms with E-state index in [4.69, 9.17) is 0 Å². The van der Waals surface area contributed by atoms with E-state index in [-0.39, 0.29) is 30.7 Å². The van der Waals surface area contributed by atoms with E-state index in [1.807, 2.05) is 0 Å². The Morgan fingerprint density at radius 1 is 1.31 bits per heavy atom. The van der Waals surface area contributed by atoms with Gasteiger partial charge in [0.2, 0.25) is 0 Å². The second-order valence-electron chi connectivity index (χ2n) is 3.43. The van der Waals surface area contributed by atoms with Crippen molar-refractivity contribution in [2.45, 2.75) is 19.3 Å². The smallest absolute Gasteiger partial charge is 0.269 e. The van der Waals surface area contributed by atoms with Crippen LogP contribution in [0.4, 0.5) is 10.1 Å². The number of rotatable bonds is 6. The van der Waals surface area contributed by atoms with Crippen molar-refractivity contribution in [2.75, 3.05) is 6.67 Å². The van der Waals surface area contributed by atoms with Crippen LogP contribution in [0, 0.1) is 10.1 Å². The minimum absolute atomic E-state index is 0.0000397. The molecule has 0 saturated carbocycles. The van der Waals surface area contributed by atoms with E-state index in [9.17, 15) is 19.3 Å². The number of nitro groups is 1. The standard InChI is InChI=1S/C11H12FNO3/c12-7-1-2-11(14)8-9-3-5-10(6-4-9)13(15)16/h3-6H,1-2,7-8H2. The summed E-state index contributed by atoms with van der Waals surface area (Å²) in [5.74, 6) is -0.0495. The molecular weight excluding hydrogens is 213 g/mol. The maximum atomic E-state index is 11.8. The number of alkyl halides is 1. The average molecular weight is 225 g/mol. The quantitative estimate of drug-likeness (QED) is 0.552. The molecule has 0 aliphatic carbocycles. The molecule has 1 aromatic rings. The van der Waals surface area contributed by atoms with Crippen LogP contribution < -0.4 is 0 Å². The van der Waals surface area contributed by atoms with E-state index in [1.165, 1.54) is 12.1 Å². The van der Waals surface area contributed by atoms with Crippen molar-refractivity contribution in [3.63, 3.8) is 0 Å². The van der Waals surface area contributed by atoms with Gasteiger partial charge in [-0.3, -0.25) is 19.3 Å². The zero-order valence-electron chi connectivity index (χ0n) is 8.69. The highest BCUT2D eigenvalue weighted by Gasteiger charge is 2.07. The molecule has 0 atom stereocenters. The number of carbonyl (C=O) groups is 1. The Morgan fingerprint density at radius 3 is 2.44 bits per heavy atom. The van der Waals surface area contributed by atoms with Gasteiger partial charge < -0.3 is 0 Å². The Kier molecular flexibility index (Phi) is 4.57. The Hall–Kier alpha value is -1.78. The molecule has 0 fully saturated rings. The first-order chi connectivity index (χ1) is 7.63. The molecule has 16 heavy (non-hydrogen) atoms. The number of halogens is 1. The van der Waals surface area contributed by atoms with Crippen LogP contribution in [0.15, 0.2) is 24.3 Å². The molecule has 4 nitrogen and oxygen atoms in total. The Labute approximate surface area is 92.2 Å². The summed E-state index contributed by atoms with van der Waals surface area (Å²) in [4.78, 5) is 21.2. The third kappa shape index (κ3) is 3.76. The number of hydrogen-bond donors (Lipinski definition) is 0. The molecule has 0 aliphatic rings. The minimum atomic E-state index is -0.494. The summed E-state index contributed by atoms with van der Waals surface area (Å²) in [7, 11) is 0. The highest BCUT2D eigenvalue weighted by atomic mass is 19.1. The Balaban J connectivity index is 2.55. The summed E-state index contributed by atoms with van der Waals surface area (Å²) in [6.07, 6.45) is 0.664. The van der Waals surface area contributed by atoms with E-state index in [0.29, 0.717) is 0 Å². The molecule has 0 aromatic heterocycles. The second kappa shape index (κ2) is 5.95. The number of ketones is 1. The predicted octanol–water partition coefficient (Wildman–Crippen LogP) is 2.46. The molecule has 0 radical (unpaired) electrons. The summed E-state index contributed by atoms with van der Waals surface area (Å²) in [6, 6.07) is 5.81. The van der Waals surface area contributed by atoms with E-state index in [2.05, 4.69) is 0 Å². The topological polar surface area (TPSA) is 60.2 Å². The van der Waals surface area contributed by atoms with Gasteiger partial charge in [0, 0.05) is 25.0 Å². The zero-order chi connectivity index (χ0) is 12.0. The molecular formula is C11H12FNO3. The van der Waals surface area contributed by atoms with Crippen molar-refractivity contribution in [3.8, 4) is 0 Å². The second-order valence-corrected chi connectivity index (χ2v) is 3.43. The summed E-state index contributed by atoms with van der Waals surface area (Å²) in [6.45, 7) is -0.494. The average Bonchev–Trinajstić information content (AvgIpc) is 2.27. The van der Waals surface area contributed by atoms with Crippen LogP contribution in [0.3, 0.4) is 0 Å². The third-order valence-corrected chi connectivity index (χ3v) is 2.14. The largest absolute Gasteiger partial charge is 0.299 e. The van der Waals surface area contributed by atoms with Gasteiger partial charge in [-0.15, -0.1) is 0 Å². The SMILES string of the molecule is O=C(CCCF)Cc1ccc([N+](=O)[O-])cc1. The van der Waals surface area contributed by atoms with Crippen molar-refractivity contribution in [1.82, 2.24) is 0 Å². The van der Waals surface area contributed by atoms with Crippen molar-refractivity contribution in [3.05, 3.63) is 39.9 Å². The molecule has 0 spiro atoms. The van der Waals surface area contributed by atoms with Gasteiger partial charge in [-0.05, 0) is 12.0 Å². The predicted molar refractivity (Wildman–Crippen MR) is 57.0 cm³/mol. The van der Waals surface area contributed by atoms with Crippen LogP contribution >= 0.6 is 0 Å². The molecule has 86 valence electrons. The maximum Gasteiger partial charge on any atom is 0.269 e. The molecule has 0 saturated heterocycles. The maximum absolute atomic E-state index is 11.8. The van der Waals surface area contributed by atoms with Crippen LogP contribution in [0.1, 0.15) is 18.4 Å². The monoisotopic (exact) mass is 225 g/mol. The highest BCUT2D eigenvalue weighted by Crippen LogP contribution is 2.13. The molecule has 0 aliphatic heterocycles. The summed E-state index contributed by atoms with van der Waals surface area (Å²) < 4.78 is 11.8. The van der Waals surface area contributed by atoms with Crippen LogP contribution in [-0.2, 0) is 11.2 Å². The summed E-state index contributed by atoms with van der Waals surface area (Å²) in [5, 5.41) is 10.4. The summed E-state index contributed by atoms with van der Waals surface area (Å²) in [5.41, 5.74) is 0.717. The van der Waals surface area contributed by atoms with Crippen LogP contribution in [0.2, 0.25) is 0 Å². The van der Waals surface area contributed by atoms with E-state index in [0.717, 1.165) is 5.56 Å². The summed E-state index contributed by atoms with van der Waals surface area (Å²) >= 11 is 0. The normalized spacial score (nSPS) is 10.1. The number of carbonyl (C=O) groups excluding carboxylic acids is 1. The molecule has 0 unspecified atom stereocenters. The van der Waals surface area contributed by atoms with Gasteiger partial charge >= 0.3 is 0 Å². The number of nitro benzene ring substituents is 1. The van der Waals surface area contributed by atoms with Crippen LogP contribution in [0.25, 0.3) is 0 Å². The fourth-order valence-corrected chi connectivity index (χ4v) is 1.32. The van der Waals surface area contributed by atoms with Gasteiger partial charge in [-0.25, -0.2) is 0 Å². The van der Waals surface area contributed by atoms with E-state index < -0.39 is 11.6 Å². The van der Waals surface area contributed by atoms with E-state index in [1.54, 1.807) is 12.1 Å². The fraction of sp³-hybridized carbons (Fsp3) is 0.364. The highest BCUT2D eigenvalue weighted by molar-refractivity contribution is 5.80. The number of Topliss-reactive ketones (excluding diaryl/α,β-unsaturated/α-hetero) is 1. The lowest BCUT2D eigenvalue weighted by Crippen LogP contribution is -2.02. The molecule has 5 heteroatoms. The van der Waals surface area contributed by atoms with Crippen molar-refractivity contribution in [1.29, 1.82) is 0 Å². The first-order valence-electron chi connectivity index (χ1n) is 4.94. The molecule has 0 N–H and O–H groups in total. The molecule has 0 bridgehead atoms. The van der Waals surface area contributed by atoms with Gasteiger partial charge in [-0.2, -0.15) is 0 Å². The Bertz CT molecular complexity index is 375. The van der Waals surface area contributed by atoms with Gasteiger partial charge in [0.05, 0.1) is 11.6 Å². The van der Waals surface area contributed by atoms with Gasteiger partial charge in [0.15, 0.2) is 0 Å². The van der Waals surface area contributed by atoms with Crippen LogP contribution in [0.5, 0.6) is 0 Å². The zero-order valence-corrected chi connectivity index (χ0v) is 8.69. The number of nitrogens with zero attached hydrogens (tertiary/aromatic N) is 1.